The molecule has 0 unspecified atom stereocenters. The van der Waals surface area contributed by atoms with E-state index in [1.807, 2.05) is 18.9 Å². The van der Waals surface area contributed by atoms with Crippen LogP contribution in [0, 0.1) is 5.41 Å². The van der Waals surface area contributed by atoms with Crippen molar-refractivity contribution in [3.8, 4) is 0 Å². The summed E-state index contributed by atoms with van der Waals surface area (Å²) in [4.78, 5) is 5.33. The maximum atomic E-state index is 5.23. The van der Waals surface area contributed by atoms with Gasteiger partial charge < -0.3 is 14.5 Å². The summed E-state index contributed by atoms with van der Waals surface area (Å²) in [5.41, 5.74) is 0.603. The third-order valence-electron chi connectivity index (χ3n) is 4.69. The van der Waals surface area contributed by atoms with E-state index in [0.29, 0.717) is 5.41 Å². The van der Waals surface area contributed by atoms with Gasteiger partial charge in [-0.25, -0.2) is 0 Å². The number of nitrogens with zero attached hydrogens (tertiary/aromatic N) is 2. The quantitative estimate of drug-likeness (QED) is 0.666. The van der Waals surface area contributed by atoms with E-state index in [-0.39, 0.29) is 0 Å². The number of thioether (sulfide) groups is 1. The Morgan fingerprint density at radius 2 is 1.89 bits per heavy atom. The number of rotatable bonds is 7. The van der Waals surface area contributed by atoms with Gasteiger partial charge in [0.25, 0.3) is 0 Å². The van der Waals surface area contributed by atoms with Crippen molar-refractivity contribution in [3.63, 3.8) is 0 Å². The topological polar surface area (TPSA) is 15.7 Å². The summed E-state index contributed by atoms with van der Waals surface area (Å²) in [6.07, 6.45) is 7.79. The smallest absolute Gasteiger partial charge is 0.0589 e. The molecule has 2 aliphatic rings. The molecule has 2 aliphatic heterocycles. The molecule has 0 saturated carbocycles. The minimum absolute atomic E-state index is 0.603. The minimum Gasteiger partial charge on any atom is -0.383 e. The van der Waals surface area contributed by atoms with Crippen molar-refractivity contribution < 1.29 is 4.74 Å². The molecule has 112 valence electrons. The van der Waals surface area contributed by atoms with Crippen LogP contribution in [0.25, 0.3) is 0 Å². The average molecular weight is 286 g/mol. The Morgan fingerprint density at radius 1 is 1.11 bits per heavy atom. The largest absolute Gasteiger partial charge is 0.383 e. The lowest BCUT2D eigenvalue weighted by molar-refractivity contribution is 0.0679. The van der Waals surface area contributed by atoms with Crippen LogP contribution in [-0.4, -0.2) is 74.8 Å². The number of piperidine rings is 1. The summed E-state index contributed by atoms with van der Waals surface area (Å²) < 4.78 is 5.23. The van der Waals surface area contributed by atoms with E-state index in [9.17, 15) is 0 Å². The highest BCUT2D eigenvalue weighted by Crippen LogP contribution is 2.38. The fourth-order valence-electron chi connectivity index (χ4n) is 3.71. The molecule has 0 bridgehead atoms. The number of likely N-dealkylation sites (tertiary alicyclic amines) is 2. The summed E-state index contributed by atoms with van der Waals surface area (Å²) in [7, 11) is 1.81. The predicted molar refractivity (Wildman–Crippen MR) is 84.0 cm³/mol. The molecule has 2 fully saturated rings. The van der Waals surface area contributed by atoms with Gasteiger partial charge in [0.2, 0.25) is 0 Å². The van der Waals surface area contributed by atoms with Crippen LogP contribution in [-0.2, 0) is 4.74 Å². The van der Waals surface area contributed by atoms with Crippen LogP contribution in [0.5, 0.6) is 0 Å². The van der Waals surface area contributed by atoms with Crippen LogP contribution >= 0.6 is 11.8 Å². The average Bonchev–Trinajstić information content (AvgIpc) is 2.80. The molecule has 0 aromatic rings. The Kier molecular flexibility index (Phi) is 6.46. The van der Waals surface area contributed by atoms with Crippen LogP contribution in [0.3, 0.4) is 0 Å². The van der Waals surface area contributed by atoms with Crippen molar-refractivity contribution in [2.75, 3.05) is 65.0 Å². The molecule has 0 radical (unpaired) electrons. The Morgan fingerprint density at radius 3 is 2.63 bits per heavy atom. The van der Waals surface area contributed by atoms with Gasteiger partial charge in [-0.15, -0.1) is 0 Å². The van der Waals surface area contributed by atoms with Crippen molar-refractivity contribution in [1.29, 1.82) is 0 Å². The van der Waals surface area contributed by atoms with Crippen LogP contribution in [0.4, 0.5) is 0 Å². The molecule has 0 aliphatic carbocycles. The summed E-state index contributed by atoms with van der Waals surface area (Å²) >= 11 is 1.97. The molecular formula is C15H30N2OS. The standard InChI is InChI=1S/C15H30N2OS/c1-18-11-10-17-7-3-5-15(14-17)6-9-16(13-15)8-4-12-19-2/h3-14H2,1-2H3/t15-/m0/s1. The van der Waals surface area contributed by atoms with Crippen LogP contribution in [0.1, 0.15) is 25.7 Å². The van der Waals surface area contributed by atoms with Crippen molar-refractivity contribution in [1.82, 2.24) is 9.80 Å². The third kappa shape index (κ3) is 4.62. The van der Waals surface area contributed by atoms with E-state index in [1.54, 1.807) is 0 Å². The number of hydrogen-bond donors (Lipinski definition) is 0. The fraction of sp³-hybridized carbons (Fsp3) is 1.00. The highest BCUT2D eigenvalue weighted by Gasteiger charge is 2.40. The molecule has 1 atom stereocenters. The molecule has 0 aromatic carbocycles. The van der Waals surface area contributed by atoms with Gasteiger partial charge in [-0.2, -0.15) is 11.8 Å². The summed E-state index contributed by atoms with van der Waals surface area (Å²) in [5.74, 6) is 1.31. The number of hydrogen-bond acceptors (Lipinski definition) is 4. The first-order valence-corrected chi connectivity index (χ1v) is 9.10. The van der Waals surface area contributed by atoms with E-state index in [1.165, 1.54) is 64.2 Å². The first kappa shape index (κ1) is 15.6. The summed E-state index contributed by atoms with van der Waals surface area (Å²) in [6.45, 7) is 8.54. The normalized spacial score (nSPS) is 29.4. The fourth-order valence-corrected chi connectivity index (χ4v) is 4.12. The van der Waals surface area contributed by atoms with Crippen molar-refractivity contribution in [3.05, 3.63) is 0 Å². The van der Waals surface area contributed by atoms with Gasteiger partial charge in [0.05, 0.1) is 6.61 Å². The minimum atomic E-state index is 0.603. The molecule has 0 aromatic heterocycles. The van der Waals surface area contributed by atoms with E-state index in [4.69, 9.17) is 4.74 Å². The van der Waals surface area contributed by atoms with Crippen LogP contribution in [0.2, 0.25) is 0 Å². The second kappa shape index (κ2) is 7.87. The van der Waals surface area contributed by atoms with Gasteiger partial charge in [0.15, 0.2) is 0 Å². The first-order chi connectivity index (χ1) is 9.28. The van der Waals surface area contributed by atoms with Crippen LogP contribution in [0.15, 0.2) is 0 Å². The summed E-state index contributed by atoms with van der Waals surface area (Å²) in [5, 5.41) is 0. The maximum Gasteiger partial charge on any atom is 0.0589 e. The molecule has 2 heterocycles. The van der Waals surface area contributed by atoms with Gasteiger partial charge in [-0.1, -0.05) is 0 Å². The predicted octanol–water partition coefficient (Wildman–Crippen LogP) is 2.17. The van der Waals surface area contributed by atoms with E-state index in [2.05, 4.69) is 16.1 Å². The van der Waals surface area contributed by atoms with E-state index in [0.717, 1.165) is 13.2 Å². The molecule has 2 saturated heterocycles. The van der Waals surface area contributed by atoms with Gasteiger partial charge in [-0.05, 0) is 62.7 Å². The van der Waals surface area contributed by atoms with Gasteiger partial charge in [-0.3, -0.25) is 0 Å². The monoisotopic (exact) mass is 286 g/mol. The lowest BCUT2D eigenvalue weighted by Gasteiger charge is -2.40. The van der Waals surface area contributed by atoms with Gasteiger partial charge >= 0.3 is 0 Å². The molecule has 3 nitrogen and oxygen atoms in total. The summed E-state index contributed by atoms with van der Waals surface area (Å²) in [6, 6.07) is 0. The maximum absolute atomic E-state index is 5.23. The zero-order valence-electron chi connectivity index (χ0n) is 12.7. The molecule has 1 spiro atoms. The highest BCUT2D eigenvalue weighted by atomic mass is 32.2. The SMILES string of the molecule is COCCN1CCC[C@@]2(CCN(CCCSC)C2)C1. The lowest BCUT2D eigenvalue weighted by atomic mass is 9.79. The number of ether oxygens (including phenoxy) is 1. The molecule has 0 N–H and O–H groups in total. The Bertz CT molecular complexity index is 265. The zero-order chi connectivity index (χ0) is 13.6. The van der Waals surface area contributed by atoms with Crippen molar-refractivity contribution in [2.24, 2.45) is 5.41 Å². The second-order valence-corrected chi connectivity index (χ2v) is 7.23. The van der Waals surface area contributed by atoms with Crippen molar-refractivity contribution >= 4 is 11.8 Å². The number of methoxy groups -OCH3 is 1. The van der Waals surface area contributed by atoms with E-state index >= 15 is 0 Å². The van der Waals surface area contributed by atoms with E-state index < -0.39 is 0 Å². The Labute approximate surface area is 123 Å². The molecule has 0 amide bonds. The molecule has 19 heavy (non-hydrogen) atoms. The van der Waals surface area contributed by atoms with Gasteiger partial charge in [0, 0.05) is 26.7 Å². The third-order valence-corrected chi connectivity index (χ3v) is 5.39. The Hall–Kier alpha value is 0.230. The lowest BCUT2D eigenvalue weighted by Crippen LogP contribution is -2.45. The van der Waals surface area contributed by atoms with Crippen molar-refractivity contribution in [2.45, 2.75) is 25.7 Å². The highest BCUT2D eigenvalue weighted by molar-refractivity contribution is 7.98. The molecule has 2 rings (SSSR count). The van der Waals surface area contributed by atoms with Crippen LogP contribution < -0.4 is 0 Å². The molecular weight excluding hydrogens is 256 g/mol. The first-order valence-electron chi connectivity index (χ1n) is 7.71. The Balaban J connectivity index is 1.76. The zero-order valence-corrected chi connectivity index (χ0v) is 13.5. The molecule has 4 heteroatoms. The second-order valence-electron chi connectivity index (χ2n) is 6.25. The van der Waals surface area contributed by atoms with Gasteiger partial charge in [0.1, 0.15) is 0 Å².